The molecular formula is C14H11ClFN3O2S. The maximum Gasteiger partial charge on any atom is 0.271 e. The van der Waals surface area contributed by atoms with Crippen LogP contribution in [0.2, 0.25) is 5.02 Å². The number of hydrogen-bond acceptors (Lipinski definition) is 3. The van der Waals surface area contributed by atoms with Crippen LogP contribution in [0, 0.1) is 22.9 Å². The molecule has 5 nitrogen and oxygen atoms in total. The molecule has 0 saturated heterocycles. The lowest BCUT2D eigenvalue weighted by molar-refractivity contribution is -0.384. The molecule has 2 rings (SSSR count). The Bertz CT molecular complexity index is 755. The minimum Gasteiger partial charge on any atom is -0.332 e. The molecule has 2 aromatic carbocycles. The van der Waals surface area contributed by atoms with Crippen LogP contribution in [0.5, 0.6) is 0 Å². The van der Waals surface area contributed by atoms with Crippen LogP contribution in [0.1, 0.15) is 5.56 Å². The molecule has 0 spiro atoms. The third-order valence-corrected chi connectivity index (χ3v) is 3.37. The summed E-state index contributed by atoms with van der Waals surface area (Å²) >= 11 is 11.1. The van der Waals surface area contributed by atoms with E-state index in [1.807, 2.05) is 0 Å². The summed E-state index contributed by atoms with van der Waals surface area (Å²) in [7, 11) is 0. The molecular weight excluding hydrogens is 329 g/mol. The molecule has 0 amide bonds. The number of thiocarbonyl (C=S) groups is 1. The van der Waals surface area contributed by atoms with Crippen LogP contribution in [0.15, 0.2) is 36.4 Å². The summed E-state index contributed by atoms with van der Waals surface area (Å²) in [6.45, 7) is 1.65. The van der Waals surface area contributed by atoms with Gasteiger partial charge in [0, 0.05) is 17.8 Å². The van der Waals surface area contributed by atoms with Gasteiger partial charge in [0.1, 0.15) is 5.82 Å². The van der Waals surface area contributed by atoms with Crippen LogP contribution in [-0.2, 0) is 0 Å². The summed E-state index contributed by atoms with van der Waals surface area (Å²) < 4.78 is 13.5. The first-order chi connectivity index (χ1) is 10.4. The molecule has 2 aromatic rings. The van der Waals surface area contributed by atoms with E-state index in [0.717, 1.165) is 0 Å². The van der Waals surface area contributed by atoms with Crippen LogP contribution in [0.25, 0.3) is 0 Å². The smallest absolute Gasteiger partial charge is 0.271 e. The molecule has 8 heteroatoms. The average molecular weight is 340 g/mol. The predicted molar refractivity (Wildman–Crippen MR) is 89.1 cm³/mol. The summed E-state index contributed by atoms with van der Waals surface area (Å²) in [5, 5.41) is 16.7. The van der Waals surface area contributed by atoms with Crippen molar-refractivity contribution in [1.29, 1.82) is 0 Å². The molecule has 0 aliphatic carbocycles. The van der Waals surface area contributed by atoms with Crippen molar-refractivity contribution in [3.05, 3.63) is 62.9 Å². The maximum atomic E-state index is 13.5. The van der Waals surface area contributed by atoms with E-state index in [0.29, 0.717) is 16.9 Å². The van der Waals surface area contributed by atoms with Gasteiger partial charge in [0.15, 0.2) is 5.11 Å². The number of non-ortho nitro benzene ring substituents is 1. The number of nitrogens with one attached hydrogen (secondary N) is 2. The number of rotatable bonds is 3. The minimum atomic E-state index is -0.534. The van der Waals surface area contributed by atoms with E-state index in [2.05, 4.69) is 10.6 Å². The zero-order chi connectivity index (χ0) is 16.3. The number of anilines is 2. The van der Waals surface area contributed by atoms with E-state index >= 15 is 0 Å². The number of halogens is 2. The summed E-state index contributed by atoms with van der Waals surface area (Å²) in [4.78, 5) is 10.2. The summed E-state index contributed by atoms with van der Waals surface area (Å²) in [5.41, 5.74) is 1.16. The topological polar surface area (TPSA) is 67.2 Å². The van der Waals surface area contributed by atoms with Gasteiger partial charge in [-0.15, -0.1) is 0 Å². The van der Waals surface area contributed by atoms with Crippen LogP contribution in [-0.4, -0.2) is 10.0 Å². The largest absolute Gasteiger partial charge is 0.332 e. The molecule has 0 fully saturated rings. The Morgan fingerprint density at radius 2 is 2.00 bits per heavy atom. The highest BCUT2D eigenvalue weighted by Crippen LogP contribution is 2.27. The lowest BCUT2D eigenvalue weighted by atomic mass is 10.2. The average Bonchev–Trinajstić information content (AvgIpc) is 2.45. The third-order valence-electron chi connectivity index (χ3n) is 2.84. The number of benzene rings is 2. The monoisotopic (exact) mass is 339 g/mol. The van der Waals surface area contributed by atoms with Gasteiger partial charge in [-0.25, -0.2) is 4.39 Å². The van der Waals surface area contributed by atoms with Crippen molar-refractivity contribution < 1.29 is 9.31 Å². The van der Waals surface area contributed by atoms with Gasteiger partial charge in [0.25, 0.3) is 5.69 Å². The van der Waals surface area contributed by atoms with Gasteiger partial charge >= 0.3 is 0 Å². The first-order valence-corrected chi connectivity index (χ1v) is 6.93. The number of nitro benzene ring substituents is 1. The predicted octanol–water partition coefficient (Wildman–Crippen LogP) is 4.50. The summed E-state index contributed by atoms with van der Waals surface area (Å²) in [6.07, 6.45) is 0. The van der Waals surface area contributed by atoms with Crippen molar-refractivity contribution in [3.8, 4) is 0 Å². The Balaban J connectivity index is 2.13. The number of hydrogen-bond donors (Lipinski definition) is 2. The zero-order valence-corrected chi connectivity index (χ0v) is 13.0. The SMILES string of the molecule is Cc1ccc(NC(=S)Nc2cc([N+](=O)[O-])ccc2Cl)cc1F. The zero-order valence-electron chi connectivity index (χ0n) is 11.4. The fraction of sp³-hybridized carbons (Fsp3) is 0.0714. The highest BCUT2D eigenvalue weighted by Gasteiger charge is 2.11. The normalized spacial score (nSPS) is 10.1. The van der Waals surface area contributed by atoms with E-state index in [-0.39, 0.29) is 21.6 Å². The maximum absolute atomic E-state index is 13.5. The van der Waals surface area contributed by atoms with Gasteiger partial charge in [0.05, 0.1) is 15.6 Å². The second kappa shape index (κ2) is 6.67. The van der Waals surface area contributed by atoms with Gasteiger partial charge in [-0.3, -0.25) is 10.1 Å². The number of aryl methyl sites for hydroxylation is 1. The lowest BCUT2D eigenvalue weighted by Crippen LogP contribution is -2.19. The van der Waals surface area contributed by atoms with Gasteiger partial charge in [-0.05, 0) is 42.9 Å². The molecule has 114 valence electrons. The molecule has 0 saturated carbocycles. The van der Waals surface area contributed by atoms with Crippen molar-refractivity contribution in [2.24, 2.45) is 0 Å². The molecule has 0 aliphatic rings. The molecule has 0 unspecified atom stereocenters. The van der Waals surface area contributed by atoms with Gasteiger partial charge in [-0.1, -0.05) is 17.7 Å². The minimum absolute atomic E-state index is 0.115. The van der Waals surface area contributed by atoms with E-state index < -0.39 is 4.92 Å². The molecule has 0 aliphatic heterocycles. The van der Waals surface area contributed by atoms with Crippen molar-refractivity contribution in [3.63, 3.8) is 0 Å². The van der Waals surface area contributed by atoms with Gasteiger partial charge < -0.3 is 10.6 Å². The van der Waals surface area contributed by atoms with Crippen LogP contribution in [0.3, 0.4) is 0 Å². The second-order valence-corrected chi connectivity index (χ2v) is 5.28. The molecule has 0 aromatic heterocycles. The van der Waals surface area contributed by atoms with E-state index in [9.17, 15) is 14.5 Å². The third kappa shape index (κ3) is 3.90. The quantitative estimate of drug-likeness (QED) is 0.489. The van der Waals surface area contributed by atoms with E-state index in [1.54, 1.807) is 19.1 Å². The Morgan fingerprint density at radius 1 is 1.27 bits per heavy atom. The first kappa shape index (κ1) is 16.1. The Labute approximate surface area is 136 Å². The van der Waals surface area contributed by atoms with E-state index in [4.69, 9.17) is 23.8 Å². The molecule has 0 atom stereocenters. The summed E-state index contributed by atoms with van der Waals surface area (Å²) in [5.74, 6) is -0.360. The molecule has 0 radical (unpaired) electrons. The van der Waals surface area contributed by atoms with Crippen molar-refractivity contribution in [1.82, 2.24) is 0 Å². The fourth-order valence-electron chi connectivity index (χ4n) is 1.68. The van der Waals surface area contributed by atoms with Crippen molar-refractivity contribution in [2.75, 3.05) is 10.6 Å². The Morgan fingerprint density at radius 3 is 2.64 bits per heavy atom. The van der Waals surface area contributed by atoms with E-state index in [1.165, 1.54) is 24.3 Å². The number of nitrogens with zero attached hydrogens (tertiary/aromatic N) is 1. The number of nitro groups is 1. The van der Waals surface area contributed by atoms with Gasteiger partial charge in [0.2, 0.25) is 0 Å². The highest BCUT2D eigenvalue weighted by atomic mass is 35.5. The van der Waals surface area contributed by atoms with Gasteiger partial charge in [-0.2, -0.15) is 0 Å². The lowest BCUT2D eigenvalue weighted by Gasteiger charge is -2.12. The molecule has 22 heavy (non-hydrogen) atoms. The standard InChI is InChI=1S/C14H11ClFN3O2S/c1-8-2-3-9(6-12(8)16)17-14(22)18-13-7-10(19(20)21)4-5-11(13)15/h2-7H,1H3,(H2,17,18,22). The first-order valence-electron chi connectivity index (χ1n) is 6.15. The molecule has 0 heterocycles. The molecule has 0 bridgehead atoms. The highest BCUT2D eigenvalue weighted by molar-refractivity contribution is 7.80. The molecule has 2 N–H and O–H groups in total. The Hall–Kier alpha value is -2.25. The Kier molecular flexibility index (Phi) is 4.89. The van der Waals surface area contributed by atoms with Crippen molar-refractivity contribution in [2.45, 2.75) is 6.92 Å². The summed E-state index contributed by atoms with van der Waals surface area (Å²) in [6, 6.07) is 8.54. The van der Waals surface area contributed by atoms with Crippen LogP contribution >= 0.6 is 23.8 Å². The van der Waals surface area contributed by atoms with Crippen LogP contribution < -0.4 is 10.6 Å². The van der Waals surface area contributed by atoms with Crippen molar-refractivity contribution >= 4 is 46.0 Å². The second-order valence-electron chi connectivity index (χ2n) is 4.46. The van der Waals surface area contributed by atoms with Crippen LogP contribution in [0.4, 0.5) is 21.5 Å². The fourth-order valence-corrected chi connectivity index (χ4v) is 2.07.